The Morgan fingerprint density at radius 3 is 2.02 bits per heavy atom. The fourth-order valence-corrected chi connectivity index (χ4v) is 5.71. The molecule has 0 radical (unpaired) electrons. The molecular formula is C41H33NO. The van der Waals surface area contributed by atoms with Crippen LogP contribution in [0.2, 0.25) is 0 Å². The van der Waals surface area contributed by atoms with Gasteiger partial charge in [0.05, 0.1) is 16.4 Å². The van der Waals surface area contributed by atoms with E-state index in [1.54, 1.807) is 18.2 Å². The second-order valence-corrected chi connectivity index (χ2v) is 10.3. The standard InChI is InChI=1S/C34H21NO.C4H6.C3H6/c1-2-9-23-20-25(17-16-22(23)8-1)24-10-7-11-26(21-24)35-30-14-5-3-13-29(30)33-31(35)19-18-28-27-12-4-6-15-32(27)36-34(28)33;1-3-4-2;1-3-2/h1-21H;3-4H,1-2H2;3H,1H2,2H3. The summed E-state index contributed by atoms with van der Waals surface area (Å²) < 4.78 is 8.81. The molecule has 208 valence electrons. The van der Waals surface area contributed by atoms with E-state index in [9.17, 15) is 0 Å². The maximum Gasteiger partial charge on any atom is 0.145 e. The van der Waals surface area contributed by atoms with Crippen LogP contribution in [0.5, 0.6) is 0 Å². The molecular weight excluding hydrogens is 522 g/mol. The number of rotatable bonds is 3. The molecule has 8 aromatic rings. The summed E-state index contributed by atoms with van der Waals surface area (Å²) in [6, 6.07) is 45.4. The van der Waals surface area contributed by atoms with Gasteiger partial charge in [-0.1, -0.05) is 116 Å². The summed E-state index contributed by atoms with van der Waals surface area (Å²) in [6.45, 7) is 12.0. The van der Waals surface area contributed by atoms with Crippen LogP contribution in [0.4, 0.5) is 0 Å². The second-order valence-electron chi connectivity index (χ2n) is 10.3. The number of aromatic nitrogens is 1. The average Bonchev–Trinajstić information content (AvgIpc) is 3.61. The molecule has 43 heavy (non-hydrogen) atoms. The molecule has 8 rings (SSSR count). The van der Waals surface area contributed by atoms with E-state index in [0.29, 0.717) is 0 Å². The lowest BCUT2D eigenvalue weighted by Crippen LogP contribution is -1.94. The third-order valence-electron chi connectivity index (χ3n) is 7.53. The Hall–Kier alpha value is -5.60. The highest BCUT2D eigenvalue weighted by molar-refractivity contribution is 6.23. The van der Waals surface area contributed by atoms with Crippen molar-refractivity contribution in [2.75, 3.05) is 0 Å². The Balaban J connectivity index is 0.000000430. The Morgan fingerprint density at radius 1 is 0.558 bits per heavy atom. The molecule has 0 atom stereocenters. The van der Waals surface area contributed by atoms with E-state index in [1.807, 2.05) is 19.1 Å². The van der Waals surface area contributed by atoms with Gasteiger partial charge in [-0.15, -0.1) is 6.58 Å². The highest BCUT2D eigenvalue weighted by atomic mass is 16.3. The molecule has 0 unspecified atom stereocenters. The van der Waals surface area contributed by atoms with Gasteiger partial charge in [0.2, 0.25) is 0 Å². The average molecular weight is 556 g/mol. The summed E-state index contributed by atoms with van der Waals surface area (Å²) in [6.07, 6.45) is 5.03. The van der Waals surface area contributed by atoms with Gasteiger partial charge in [-0.2, -0.15) is 0 Å². The first kappa shape index (κ1) is 27.6. The molecule has 2 heteroatoms. The third kappa shape index (κ3) is 5.05. The predicted molar refractivity (Wildman–Crippen MR) is 187 cm³/mol. The van der Waals surface area contributed by atoms with E-state index in [1.165, 1.54) is 32.8 Å². The normalized spacial score (nSPS) is 10.7. The molecule has 0 saturated carbocycles. The van der Waals surface area contributed by atoms with E-state index in [-0.39, 0.29) is 0 Å². The zero-order chi connectivity index (χ0) is 29.8. The number of para-hydroxylation sites is 2. The van der Waals surface area contributed by atoms with Crippen LogP contribution in [0, 0.1) is 0 Å². The maximum atomic E-state index is 6.44. The van der Waals surface area contributed by atoms with Gasteiger partial charge in [0.25, 0.3) is 0 Å². The van der Waals surface area contributed by atoms with Gasteiger partial charge in [-0.3, -0.25) is 0 Å². The van der Waals surface area contributed by atoms with Crippen molar-refractivity contribution in [3.63, 3.8) is 0 Å². The quantitative estimate of drug-likeness (QED) is 0.157. The zero-order valence-electron chi connectivity index (χ0n) is 24.3. The zero-order valence-corrected chi connectivity index (χ0v) is 24.3. The van der Waals surface area contributed by atoms with Crippen molar-refractivity contribution in [3.8, 4) is 16.8 Å². The minimum absolute atomic E-state index is 0.926. The molecule has 0 aliphatic heterocycles. The van der Waals surface area contributed by atoms with Gasteiger partial charge >= 0.3 is 0 Å². The Kier molecular flexibility index (Phi) is 7.76. The Bertz CT molecular complexity index is 2250. The van der Waals surface area contributed by atoms with E-state index in [2.05, 4.69) is 140 Å². The van der Waals surface area contributed by atoms with Crippen LogP contribution in [0.1, 0.15) is 6.92 Å². The first-order valence-corrected chi connectivity index (χ1v) is 14.4. The van der Waals surface area contributed by atoms with Gasteiger partial charge in [0, 0.05) is 21.8 Å². The Labute approximate surface area is 252 Å². The molecule has 0 fully saturated rings. The molecule has 6 aromatic carbocycles. The van der Waals surface area contributed by atoms with Crippen LogP contribution in [0.3, 0.4) is 0 Å². The van der Waals surface area contributed by atoms with Crippen LogP contribution in [0.25, 0.3) is 71.3 Å². The number of fused-ring (bicyclic) bond motifs is 8. The molecule has 2 nitrogen and oxygen atoms in total. The number of nitrogens with zero attached hydrogens (tertiary/aromatic N) is 1. The fourth-order valence-electron chi connectivity index (χ4n) is 5.71. The molecule has 0 saturated heterocycles. The van der Waals surface area contributed by atoms with Crippen LogP contribution in [0.15, 0.2) is 170 Å². The molecule has 0 N–H and O–H groups in total. The van der Waals surface area contributed by atoms with Crippen molar-refractivity contribution < 1.29 is 4.42 Å². The highest BCUT2D eigenvalue weighted by Crippen LogP contribution is 2.40. The van der Waals surface area contributed by atoms with E-state index in [0.717, 1.165) is 38.5 Å². The largest absolute Gasteiger partial charge is 0.455 e. The molecule has 2 aromatic heterocycles. The fraction of sp³-hybridized carbons (Fsp3) is 0.0244. The van der Waals surface area contributed by atoms with Crippen molar-refractivity contribution in [1.82, 2.24) is 4.57 Å². The predicted octanol–water partition coefficient (Wildman–Crippen LogP) is 12.1. The maximum absolute atomic E-state index is 6.44. The van der Waals surface area contributed by atoms with E-state index < -0.39 is 0 Å². The minimum atomic E-state index is 0.926. The lowest BCUT2D eigenvalue weighted by molar-refractivity contribution is 0.673. The van der Waals surface area contributed by atoms with Gasteiger partial charge in [0.1, 0.15) is 11.2 Å². The molecule has 0 amide bonds. The van der Waals surface area contributed by atoms with Crippen LogP contribution >= 0.6 is 0 Å². The van der Waals surface area contributed by atoms with Crippen LogP contribution in [-0.2, 0) is 0 Å². The molecule has 0 aliphatic carbocycles. The van der Waals surface area contributed by atoms with Gasteiger partial charge in [-0.05, 0) is 71.3 Å². The van der Waals surface area contributed by atoms with Crippen molar-refractivity contribution in [2.45, 2.75) is 6.92 Å². The third-order valence-corrected chi connectivity index (χ3v) is 7.53. The summed E-state index contributed by atoms with van der Waals surface area (Å²) in [5.74, 6) is 0. The minimum Gasteiger partial charge on any atom is -0.455 e. The summed E-state index contributed by atoms with van der Waals surface area (Å²) in [5.41, 5.74) is 7.77. The van der Waals surface area contributed by atoms with Gasteiger partial charge in [0.15, 0.2) is 0 Å². The molecule has 0 bridgehead atoms. The van der Waals surface area contributed by atoms with Crippen molar-refractivity contribution in [2.24, 2.45) is 0 Å². The first-order valence-electron chi connectivity index (χ1n) is 14.4. The second kappa shape index (κ2) is 12.1. The molecule has 2 heterocycles. The van der Waals surface area contributed by atoms with Crippen molar-refractivity contribution in [1.29, 1.82) is 0 Å². The van der Waals surface area contributed by atoms with Crippen molar-refractivity contribution in [3.05, 3.63) is 165 Å². The van der Waals surface area contributed by atoms with Gasteiger partial charge < -0.3 is 8.98 Å². The van der Waals surface area contributed by atoms with Gasteiger partial charge in [-0.25, -0.2) is 0 Å². The van der Waals surface area contributed by atoms with E-state index >= 15 is 0 Å². The summed E-state index contributed by atoms with van der Waals surface area (Å²) in [4.78, 5) is 0. The summed E-state index contributed by atoms with van der Waals surface area (Å²) >= 11 is 0. The monoisotopic (exact) mass is 555 g/mol. The topological polar surface area (TPSA) is 18.1 Å². The van der Waals surface area contributed by atoms with Crippen molar-refractivity contribution >= 4 is 54.5 Å². The first-order chi connectivity index (χ1) is 21.2. The van der Waals surface area contributed by atoms with Crippen LogP contribution < -0.4 is 0 Å². The lowest BCUT2D eigenvalue weighted by atomic mass is 10.0. The number of allylic oxidation sites excluding steroid dienone is 3. The number of furan rings is 1. The van der Waals surface area contributed by atoms with E-state index in [4.69, 9.17) is 4.42 Å². The number of hydrogen-bond donors (Lipinski definition) is 0. The smallest absolute Gasteiger partial charge is 0.145 e. The highest BCUT2D eigenvalue weighted by Gasteiger charge is 2.18. The summed E-state index contributed by atoms with van der Waals surface area (Å²) in [5, 5.41) is 7.19. The molecule has 0 spiro atoms. The molecule has 0 aliphatic rings. The van der Waals surface area contributed by atoms with Crippen LogP contribution in [-0.4, -0.2) is 4.57 Å². The Morgan fingerprint density at radius 2 is 1.23 bits per heavy atom. The number of benzene rings is 6. The number of hydrogen-bond acceptors (Lipinski definition) is 1. The SMILES string of the molecule is C=CC.C=CC=C.c1cc(-c2ccc3ccccc3c2)cc(-n2c3ccccc3c3c4oc5ccccc5c4ccc32)c1. The lowest BCUT2D eigenvalue weighted by Gasteiger charge is -2.11. The summed E-state index contributed by atoms with van der Waals surface area (Å²) in [7, 11) is 0.